The largest absolute Gasteiger partial charge is 0.324 e. The maximum atomic E-state index is 13.3. The fraction of sp³-hybridized carbons (Fsp3) is 0.455. The Labute approximate surface area is 95.4 Å². The molecule has 0 heterocycles. The van der Waals surface area contributed by atoms with Gasteiger partial charge < -0.3 is 5.73 Å². The highest BCUT2D eigenvalue weighted by atomic mass is 19.2. The number of benzene rings is 1. The van der Waals surface area contributed by atoms with Crippen LogP contribution in [0.2, 0.25) is 0 Å². The van der Waals surface area contributed by atoms with Gasteiger partial charge in [-0.15, -0.1) is 0 Å². The van der Waals surface area contributed by atoms with Crippen LogP contribution in [-0.4, -0.2) is 0 Å². The van der Waals surface area contributed by atoms with Crippen molar-refractivity contribution >= 4 is 0 Å². The molecule has 0 spiro atoms. The SMILES string of the molecule is CC(C)CC(N)c1c(F)c(F)c(F)c(F)c1F. The van der Waals surface area contributed by atoms with E-state index in [4.69, 9.17) is 5.73 Å². The van der Waals surface area contributed by atoms with Gasteiger partial charge in [0.25, 0.3) is 0 Å². The molecule has 1 rings (SSSR count). The Morgan fingerprint density at radius 2 is 1.18 bits per heavy atom. The second-order valence-corrected chi connectivity index (χ2v) is 4.22. The number of nitrogens with two attached hydrogens (primary N) is 1. The summed E-state index contributed by atoms with van der Waals surface area (Å²) >= 11 is 0. The Bertz CT molecular complexity index is 401. The zero-order valence-electron chi connectivity index (χ0n) is 9.33. The molecule has 1 nitrogen and oxygen atoms in total. The molecule has 2 N–H and O–H groups in total. The molecule has 6 heteroatoms. The van der Waals surface area contributed by atoms with Gasteiger partial charge in [-0.25, -0.2) is 22.0 Å². The summed E-state index contributed by atoms with van der Waals surface area (Å²) in [6, 6.07) is -1.22. The van der Waals surface area contributed by atoms with E-state index in [0.29, 0.717) is 0 Å². The van der Waals surface area contributed by atoms with E-state index < -0.39 is 40.7 Å². The molecule has 1 atom stereocenters. The molecule has 0 bridgehead atoms. The van der Waals surface area contributed by atoms with Gasteiger partial charge in [-0.05, 0) is 12.3 Å². The minimum atomic E-state index is -2.17. The van der Waals surface area contributed by atoms with Gasteiger partial charge in [0, 0.05) is 11.6 Å². The van der Waals surface area contributed by atoms with Crippen LogP contribution in [0.5, 0.6) is 0 Å². The summed E-state index contributed by atoms with van der Waals surface area (Å²) in [6.45, 7) is 3.46. The summed E-state index contributed by atoms with van der Waals surface area (Å²) in [5.41, 5.74) is 4.50. The molecule has 0 aromatic heterocycles. The molecule has 17 heavy (non-hydrogen) atoms. The van der Waals surface area contributed by atoms with Crippen molar-refractivity contribution in [3.05, 3.63) is 34.6 Å². The van der Waals surface area contributed by atoms with Crippen LogP contribution in [0, 0.1) is 35.0 Å². The van der Waals surface area contributed by atoms with Crippen molar-refractivity contribution < 1.29 is 22.0 Å². The predicted octanol–water partition coefficient (Wildman–Crippen LogP) is 3.43. The molecule has 1 aromatic carbocycles. The first kappa shape index (κ1) is 13.9. The lowest BCUT2D eigenvalue weighted by atomic mass is 9.96. The van der Waals surface area contributed by atoms with Crippen molar-refractivity contribution in [1.82, 2.24) is 0 Å². The maximum Gasteiger partial charge on any atom is 0.200 e. The van der Waals surface area contributed by atoms with Crippen LogP contribution in [-0.2, 0) is 0 Å². The van der Waals surface area contributed by atoms with Gasteiger partial charge in [-0.1, -0.05) is 13.8 Å². The third-order valence-corrected chi connectivity index (χ3v) is 2.34. The van der Waals surface area contributed by atoms with Gasteiger partial charge in [0.15, 0.2) is 23.3 Å². The van der Waals surface area contributed by atoms with Gasteiger partial charge in [0.1, 0.15) is 0 Å². The molecular weight excluding hydrogens is 241 g/mol. The standard InChI is InChI=1S/C11H12F5N/c1-4(2)3-5(17)6-7(12)9(14)11(16)10(15)8(6)13/h4-5H,3,17H2,1-2H3. The Kier molecular flexibility index (Phi) is 4.08. The number of rotatable bonds is 3. The summed E-state index contributed by atoms with van der Waals surface area (Å²) in [7, 11) is 0. The topological polar surface area (TPSA) is 26.0 Å². The van der Waals surface area contributed by atoms with Gasteiger partial charge in [-0.3, -0.25) is 0 Å². The average molecular weight is 253 g/mol. The Morgan fingerprint density at radius 1 is 0.824 bits per heavy atom. The fourth-order valence-corrected chi connectivity index (χ4v) is 1.57. The van der Waals surface area contributed by atoms with Crippen molar-refractivity contribution in [3.8, 4) is 0 Å². The predicted molar refractivity (Wildman–Crippen MR) is 52.6 cm³/mol. The lowest BCUT2D eigenvalue weighted by Gasteiger charge is -2.16. The van der Waals surface area contributed by atoms with Crippen LogP contribution >= 0.6 is 0 Å². The first-order valence-electron chi connectivity index (χ1n) is 5.04. The lowest BCUT2D eigenvalue weighted by Crippen LogP contribution is -2.19. The third-order valence-electron chi connectivity index (χ3n) is 2.34. The first-order valence-corrected chi connectivity index (χ1v) is 5.04. The summed E-state index contributed by atoms with van der Waals surface area (Å²) in [5.74, 6) is -9.82. The molecule has 1 unspecified atom stereocenters. The zero-order valence-corrected chi connectivity index (χ0v) is 9.33. The van der Waals surface area contributed by atoms with E-state index in [1.165, 1.54) is 0 Å². The maximum absolute atomic E-state index is 13.3. The molecule has 0 aliphatic rings. The summed E-state index contributed by atoms with van der Waals surface area (Å²) in [5, 5.41) is 0. The van der Waals surface area contributed by atoms with Crippen LogP contribution in [0.25, 0.3) is 0 Å². The van der Waals surface area contributed by atoms with E-state index in [-0.39, 0.29) is 12.3 Å². The van der Waals surface area contributed by atoms with E-state index >= 15 is 0 Å². The van der Waals surface area contributed by atoms with Crippen molar-refractivity contribution in [1.29, 1.82) is 0 Å². The minimum Gasteiger partial charge on any atom is -0.324 e. The lowest BCUT2D eigenvalue weighted by molar-refractivity contribution is 0.357. The van der Waals surface area contributed by atoms with Crippen LogP contribution in [0.15, 0.2) is 0 Å². The van der Waals surface area contributed by atoms with E-state index in [9.17, 15) is 22.0 Å². The van der Waals surface area contributed by atoms with E-state index in [2.05, 4.69) is 0 Å². The number of halogens is 5. The Hall–Kier alpha value is -1.17. The van der Waals surface area contributed by atoms with Crippen molar-refractivity contribution in [2.24, 2.45) is 11.7 Å². The highest BCUT2D eigenvalue weighted by molar-refractivity contribution is 5.26. The highest BCUT2D eigenvalue weighted by Gasteiger charge is 2.28. The smallest absolute Gasteiger partial charge is 0.200 e. The average Bonchev–Trinajstić information content (AvgIpc) is 2.23. The third kappa shape index (κ3) is 2.57. The number of hydrogen-bond donors (Lipinski definition) is 1. The zero-order chi connectivity index (χ0) is 13.3. The summed E-state index contributed by atoms with van der Waals surface area (Å²) in [6.07, 6.45) is 0.123. The van der Waals surface area contributed by atoms with E-state index in [1.54, 1.807) is 13.8 Å². The molecule has 0 fully saturated rings. The molecule has 1 aromatic rings. The van der Waals surface area contributed by atoms with Crippen molar-refractivity contribution in [2.75, 3.05) is 0 Å². The Morgan fingerprint density at radius 3 is 1.53 bits per heavy atom. The number of hydrogen-bond acceptors (Lipinski definition) is 1. The summed E-state index contributed by atoms with van der Waals surface area (Å²) in [4.78, 5) is 0. The molecule has 0 saturated carbocycles. The van der Waals surface area contributed by atoms with Crippen molar-refractivity contribution in [2.45, 2.75) is 26.3 Å². The fourth-order valence-electron chi connectivity index (χ4n) is 1.57. The molecule has 96 valence electrons. The molecule has 0 saturated heterocycles. The second kappa shape index (κ2) is 5.00. The van der Waals surface area contributed by atoms with Gasteiger partial charge in [-0.2, -0.15) is 0 Å². The molecule has 0 amide bonds. The van der Waals surface area contributed by atoms with E-state index in [1.807, 2.05) is 0 Å². The van der Waals surface area contributed by atoms with Gasteiger partial charge >= 0.3 is 0 Å². The quantitative estimate of drug-likeness (QED) is 0.498. The molecule has 0 aliphatic carbocycles. The summed E-state index contributed by atoms with van der Waals surface area (Å²) < 4.78 is 65.1. The second-order valence-electron chi connectivity index (χ2n) is 4.22. The van der Waals surface area contributed by atoms with E-state index in [0.717, 1.165) is 0 Å². The van der Waals surface area contributed by atoms with Crippen LogP contribution in [0.3, 0.4) is 0 Å². The minimum absolute atomic E-state index is 0.0278. The molecule has 0 radical (unpaired) electrons. The van der Waals surface area contributed by atoms with Crippen LogP contribution in [0.1, 0.15) is 31.9 Å². The van der Waals surface area contributed by atoms with Gasteiger partial charge in [0.2, 0.25) is 5.82 Å². The van der Waals surface area contributed by atoms with Crippen molar-refractivity contribution in [3.63, 3.8) is 0 Å². The molecule has 0 aliphatic heterocycles. The molecular formula is C11H12F5N. The Balaban J connectivity index is 3.33. The normalized spacial score (nSPS) is 13.2. The van der Waals surface area contributed by atoms with Crippen LogP contribution in [0.4, 0.5) is 22.0 Å². The van der Waals surface area contributed by atoms with Crippen LogP contribution < -0.4 is 5.73 Å². The first-order chi connectivity index (χ1) is 7.77. The van der Waals surface area contributed by atoms with Gasteiger partial charge in [0.05, 0.1) is 0 Å². The monoisotopic (exact) mass is 253 g/mol. The highest BCUT2D eigenvalue weighted by Crippen LogP contribution is 2.29.